The van der Waals surface area contributed by atoms with Gasteiger partial charge in [-0.05, 0) is 31.9 Å². The zero-order valence-electron chi connectivity index (χ0n) is 13.2. The first kappa shape index (κ1) is 16.1. The topological polar surface area (TPSA) is 79.5 Å². The Morgan fingerprint density at radius 2 is 2.22 bits per heavy atom. The zero-order valence-corrected chi connectivity index (χ0v) is 14.0. The first-order valence-electron chi connectivity index (χ1n) is 7.53. The van der Waals surface area contributed by atoms with Crippen LogP contribution in [-0.2, 0) is 16.8 Å². The Labute approximate surface area is 136 Å². The molecule has 7 nitrogen and oxygen atoms in total. The van der Waals surface area contributed by atoms with Gasteiger partial charge in [0.1, 0.15) is 11.5 Å². The molecule has 3 rings (SSSR count). The van der Waals surface area contributed by atoms with Crippen LogP contribution < -0.4 is 0 Å². The predicted octanol–water partition coefficient (Wildman–Crippen LogP) is 1.89. The molecule has 2 aromatic rings. The van der Waals surface area contributed by atoms with Gasteiger partial charge in [-0.15, -0.1) is 0 Å². The van der Waals surface area contributed by atoms with Gasteiger partial charge < -0.3 is 4.42 Å². The van der Waals surface area contributed by atoms with Crippen LogP contribution >= 0.6 is 0 Å². The van der Waals surface area contributed by atoms with E-state index < -0.39 is 10.2 Å². The number of hydrogen-bond acceptors (Lipinski definition) is 5. The molecule has 1 aliphatic heterocycles. The Kier molecular flexibility index (Phi) is 4.47. The van der Waals surface area contributed by atoms with Crippen molar-refractivity contribution in [3.63, 3.8) is 0 Å². The first-order valence-corrected chi connectivity index (χ1v) is 8.92. The monoisotopic (exact) mass is 336 g/mol. The van der Waals surface area contributed by atoms with E-state index in [1.165, 1.54) is 8.61 Å². The summed E-state index contributed by atoms with van der Waals surface area (Å²) >= 11 is 0. The molecule has 0 unspecified atom stereocenters. The van der Waals surface area contributed by atoms with Crippen molar-refractivity contribution in [3.8, 4) is 0 Å². The Morgan fingerprint density at radius 3 is 2.87 bits per heavy atom. The maximum absolute atomic E-state index is 12.9. The van der Waals surface area contributed by atoms with E-state index in [1.54, 1.807) is 25.6 Å². The molecule has 1 saturated heterocycles. The normalized spacial score (nSPS) is 19.5. The highest BCUT2D eigenvalue weighted by Crippen LogP contribution is 2.35. The van der Waals surface area contributed by atoms with Gasteiger partial charge in [-0.3, -0.25) is 9.97 Å². The van der Waals surface area contributed by atoms with Crippen LogP contribution in [0.2, 0.25) is 0 Å². The third-order valence-electron chi connectivity index (χ3n) is 3.98. The highest BCUT2D eigenvalue weighted by molar-refractivity contribution is 7.86. The van der Waals surface area contributed by atoms with Crippen molar-refractivity contribution < 1.29 is 12.8 Å². The maximum Gasteiger partial charge on any atom is 0.282 e. The number of hydrogen-bond donors (Lipinski definition) is 0. The summed E-state index contributed by atoms with van der Waals surface area (Å²) in [6, 6.07) is 3.48. The standard InChI is InChI=1S/C15H20N4O3S/c1-12-5-6-15(22-12)14-4-3-9-19(14)23(20,21)18(2)11-13-10-16-7-8-17-13/h5-8,10,14H,3-4,9,11H2,1-2H3/t14-/m1/s1. The largest absolute Gasteiger partial charge is 0.465 e. The molecule has 0 amide bonds. The Hall–Kier alpha value is -1.77. The average molecular weight is 336 g/mol. The number of aromatic nitrogens is 2. The van der Waals surface area contributed by atoms with Crippen LogP contribution in [-0.4, -0.2) is 40.6 Å². The van der Waals surface area contributed by atoms with Gasteiger partial charge in [-0.2, -0.15) is 17.0 Å². The van der Waals surface area contributed by atoms with Gasteiger partial charge in [0, 0.05) is 32.2 Å². The van der Waals surface area contributed by atoms with Gasteiger partial charge in [0.05, 0.1) is 18.3 Å². The highest BCUT2D eigenvalue weighted by Gasteiger charge is 2.39. The summed E-state index contributed by atoms with van der Waals surface area (Å²) < 4.78 is 34.2. The van der Waals surface area contributed by atoms with Crippen molar-refractivity contribution in [2.75, 3.05) is 13.6 Å². The second-order valence-corrected chi connectivity index (χ2v) is 7.67. The van der Waals surface area contributed by atoms with Gasteiger partial charge in [-0.25, -0.2) is 0 Å². The molecule has 1 atom stereocenters. The van der Waals surface area contributed by atoms with E-state index >= 15 is 0 Å². The van der Waals surface area contributed by atoms with Crippen LogP contribution in [0, 0.1) is 6.92 Å². The Bertz CT molecular complexity index is 760. The Balaban J connectivity index is 1.80. The summed E-state index contributed by atoms with van der Waals surface area (Å²) in [6.45, 7) is 2.55. The van der Waals surface area contributed by atoms with Crippen molar-refractivity contribution in [1.82, 2.24) is 18.6 Å². The van der Waals surface area contributed by atoms with E-state index in [1.807, 2.05) is 19.1 Å². The second kappa shape index (κ2) is 6.38. The lowest BCUT2D eigenvalue weighted by Crippen LogP contribution is -2.41. The minimum absolute atomic E-state index is 0.191. The summed E-state index contributed by atoms with van der Waals surface area (Å²) in [6.07, 6.45) is 6.28. The maximum atomic E-state index is 12.9. The number of rotatable bonds is 5. The van der Waals surface area contributed by atoms with E-state index in [-0.39, 0.29) is 12.6 Å². The van der Waals surface area contributed by atoms with Gasteiger partial charge >= 0.3 is 0 Å². The summed E-state index contributed by atoms with van der Waals surface area (Å²) in [4.78, 5) is 8.10. The summed E-state index contributed by atoms with van der Waals surface area (Å²) in [7, 11) is -2.02. The first-order chi connectivity index (χ1) is 11.0. The minimum Gasteiger partial charge on any atom is -0.465 e. The predicted molar refractivity (Wildman–Crippen MR) is 84.5 cm³/mol. The molecule has 2 aromatic heterocycles. The fourth-order valence-corrected chi connectivity index (χ4v) is 4.38. The third kappa shape index (κ3) is 3.29. The Morgan fingerprint density at radius 1 is 1.39 bits per heavy atom. The molecule has 0 spiro atoms. The van der Waals surface area contributed by atoms with Crippen LogP contribution in [0.3, 0.4) is 0 Å². The third-order valence-corrected chi connectivity index (χ3v) is 5.93. The van der Waals surface area contributed by atoms with Crippen LogP contribution in [0.1, 0.15) is 36.1 Å². The molecule has 0 N–H and O–H groups in total. The molecule has 124 valence electrons. The van der Waals surface area contributed by atoms with E-state index in [2.05, 4.69) is 9.97 Å². The summed E-state index contributed by atoms with van der Waals surface area (Å²) in [5, 5.41) is 0. The van der Waals surface area contributed by atoms with Crippen molar-refractivity contribution in [3.05, 3.63) is 47.9 Å². The molecule has 0 aliphatic carbocycles. The number of furan rings is 1. The fraction of sp³-hybridized carbons (Fsp3) is 0.467. The molecule has 0 bridgehead atoms. The van der Waals surface area contributed by atoms with Crippen LogP contribution in [0.15, 0.2) is 35.1 Å². The quantitative estimate of drug-likeness (QED) is 0.833. The molecule has 0 saturated carbocycles. The molecule has 3 heterocycles. The van der Waals surface area contributed by atoms with Crippen LogP contribution in [0.5, 0.6) is 0 Å². The van der Waals surface area contributed by atoms with Crippen molar-refractivity contribution in [2.45, 2.75) is 32.4 Å². The van der Waals surface area contributed by atoms with Gasteiger partial charge in [0.2, 0.25) is 0 Å². The van der Waals surface area contributed by atoms with Crippen LogP contribution in [0.25, 0.3) is 0 Å². The average Bonchev–Trinajstić information content (AvgIpc) is 3.16. The molecule has 0 aromatic carbocycles. The summed E-state index contributed by atoms with van der Waals surface area (Å²) in [5.41, 5.74) is 0.614. The molecule has 23 heavy (non-hydrogen) atoms. The van der Waals surface area contributed by atoms with E-state index in [0.717, 1.165) is 18.6 Å². The van der Waals surface area contributed by atoms with E-state index in [9.17, 15) is 8.42 Å². The lowest BCUT2D eigenvalue weighted by atomic mass is 10.2. The SMILES string of the molecule is Cc1ccc([C@H]2CCCN2S(=O)(=O)N(C)Cc2cnccn2)o1. The van der Waals surface area contributed by atoms with Crippen molar-refractivity contribution >= 4 is 10.2 Å². The van der Waals surface area contributed by atoms with E-state index in [0.29, 0.717) is 18.0 Å². The van der Waals surface area contributed by atoms with Crippen LogP contribution in [0.4, 0.5) is 0 Å². The molecular formula is C15H20N4O3S. The fourth-order valence-electron chi connectivity index (χ4n) is 2.83. The summed E-state index contributed by atoms with van der Waals surface area (Å²) in [5.74, 6) is 1.49. The van der Waals surface area contributed by atoms with Gasteiger partial charge in [-0.1, -0.05) is 0 Å². The lowest BCUT2D eigenvalue weighted by molar-refractivity contribution is 0.307. The van der Waals surface area contributed by atoms with Gasteiger partial charge in [0.15, 0.2) is 0 Å². The number of nitrogens with zero attached hydrogens (tertiary/aromatic N) is 4. The number of aryl methyl sites for hydroxylation is 1. The van der Waals surface area contributed by atoms with Gasteiger partial charge in [0.25, 0.3) is 10.2 Å². The zero-order chi connectivity index (χ0) is 16.4. The lowest BCUT2D eigenvalue weighted by Gasteiger charge is -2.27. The molecule has 1 fully saturated rings. The molecular weight excluding hydrogens is 316 g/mol. The second-order valence-electron chi connectivity index (χ2n) is 5.68. The van der Waals surface area contributed by atoms with Crippen molar-refractivity contribution in [1.29, 1.82) is 0 Å². The molecule has 8 heteroatoms. The van der Waals surface area contributed by atoms with Crippen molar-refractivity contribution in [2.24, 2.45) is 0 Å². The molecule has 1 aliphatic rings. The minimum atomic E-state index is -3.59. The smallest absolute Gasteiger partial charge is 0.282 e. The highest BCUT2D eigenvalue weighted by atomic mass is 32.2. The molecule has 0 radical (unpaired) electrons. The van der Waals surface area contributed by atoms with E-state index in [4.69, 9.17) is 4.42 Å².